The second-order valence-electron chi connectivity index (χ2n) is 6.13. The van der Waals surface area contributed by atoms with Crippen LogP contribution < -0.4 is 10.6 Å². The van der Waals surface area contributed by atoms with Crippen LogP contribution in [0.25, 0.3) is 10.6 Å². The summed E-state index contributed by atoms with van der Waals surface area (Å²) in [4.78, 5) is 29.3. The lowest BCUT2D eigenvalue weighted by atomic mass is 10.2. The summed E-state index contributed by atoms with van der Waals surface area (Å²) in [6.45, 7) is 2.06. The normalized spacial score (nSPS) is 10.6. The summed E-state index contributed by atoms with van der Waals surface area (Å²) in [6.07, 6.45) is 0.472. The SMILES string of the molecule is Cc1nc(-c2cccc(F)c2)sc1CCNC(=O)C(=O)Nc1ccc(F)c(Cl)c1. The van der Waals surface area contributed by atoms with Crippen molar-refractivity contribution in [2.75, 3.05) is 11.9 Å². The second-order valence-corrected chi connectivity index (χ2v) is 7.62. The molecule has 0 aliphatic carbocycles. The molecule has 1 heterocycles. The van der Waals surface area contributed by atoms with E-state index in [1.165, 1.54) is 35.6 Å². The van der Waals surface area contributed by atoms with Gasteiger partial charge in [0.1, 0.15) is 16.6 Å². The molecule has 5 nitrogen and oxygen atoms in total. The number of nitrogens with zero attached hydrogens (tertiary/aromatic N) is 1. The zero-order valence-electron chi connectivity index (χ0n) is 15.3. The number of hydrogen-bond acceptors (Lipinski definition) is 4. The first-order chi connectivity index (χ1) is 13.8. The van der Waals surface area contributed by atoms with Gasteiger partial charge in [0.15, 0.2) is 0 Å². The molecule has 3 rings (SSSR count). The monoisotopic (exact) mass is 435 g/mol. The standard InChI is InChI=1S/C20H16ClF2N3O2S/c1-11-17(29-20(25-11)12-3-2-4-13(22)9-12)7-8-24-18(27)19(28)26-14-5-6-16(23)15(21)10-14/h2-6,9-10H,7-8H2,1H3,(H,24,27)(H,26,28). The minimum absolute atomic E-state index is 0.155. The zero-order valence-corrected chi connectivity index (χ0v) is 16.8. The number of anilines is 1. The van der Waals surface area contributed by atoms with Crippen molar-refractivity contribution in [1.82, 2.24) is 10.3 Å². The number of nitrogens with one attached hydrogen (secondary N) is 2. The van der Waals surface area contributed by atoms with Gasteiger partial charge in [-0.25, -0.2) is 13.8 Å². The highest BCUT2D eigenvalue weighted by molar-refractivity contribution is 7.15. The Morgan fingerprint density at radius 2 is 1.93 bits per heavy atom. The molecule has 2 amide bonds. The molecule has 2 aromatic carbocycles. The molecule has 9 heteroatoms. The van der Waals surface area contributed by atoms with Gasteiger partial charge in [-0.3, -0.25) is 9.59 Å². The van der Waals surface area contributed by atoms with Gasteiger partial charge in [0, 0.05) is 29.1 Å². The second kappa shape index (κ2) is 9.11. The number of aromatic nitrogens is 1. The minimum Gasteiger partial charge on any atom is -0.347 e. The predicted octanol–water partition coefficient (Wildman–Crippen LogP) is 4.35. The van der Waals surface area contributed by atoms with E-state index in [0.717, 1.165) is 16.6 Å². The number of rotatable bonds is 5. The Hall–Kier alpha value is -2.84. The van der Waals surface area contributed by atoms with E-state index in [2.05, 4.69) is 15.6 Å². The number of amides is 2. The molecule has 0 aliphatic rings. The molecule has 150 valence electrons. The highest BCUT2D eigenvalue weighted by atomic mass is 35.5. The van der Waals surface area contributed by atoms with Gasteiger partial charge >= 0.3 is 11.8 Å². The smallest absolute Gasteiger partial charge is 0.313 e. The number of aryl methyl sites for hydroxylation is 1. The summed E-state index contributed by atoms with van der Waals surface area (Å²) >= 11 is 7.05. The van der Waals surface area contributed by atoms with E-state index < -0.39 is 17.6 Å². The van der Waals surface area contributed by atoms with Crippen molar-refractivity contribution in [2.45, 2.75) is 13.3 Å². The highest BCUT2D eigenvalue weighted by Crippen LogP contribution is 2.28. The Labute approximate surface area is 174 Å². The molecule has 0 aliphatic heterocycles. The van der Waals surface area contributed by atoms with Gasteiger partial charge in [-0.2, -0.15) is 0 Å². The average Bonchev–Trinajstić information content (AvgIpc) is 3.05. The lowest BCUT2D eigenvalue weighted by molar-refractivity contribution is -0.136. The quantitative estimate of drug-likeness (QED) is 0.585. The predicted molar refractivity (Wildman–Crippen MR) is 109 cm³/mol. The van der Waals surface area contributed by atoms with E-state index in [1.54, 1.807) is 12.1 Å². The Morgan fingerprint density at radius 1 is 1.14 bits per heavy atom. The summed E-state index contributed by atoms with van der Waals surface area (Å²) in [6, 6.07) is 9.80. The molecule has 0 unspecified atom stereocenters. The van der Waals surface area contributed by atoms with Crippen LogP contribution in [0, 0.1) is 18.6 Å². The van der Waals surface area contributed by atoms with Gasteiger partial charge in [-0.15, -0.1) is 11.3 Å². The van der Waals surface area contributed by atoms with Crippen LogP contribution in [0.2, 0.25) is 5.02 Å². The van der Waals surface area contributed by atoms with Crippen molar-refractivity contribution >= 4 is 40.4 Å². The molecular formula is C20H16ClF2N3O2S. The van der Waals surface area contributed by atoms with Gasteiger partial charge in [0.2, 0.25) is 0 Å². The number of benzene rings is 2. The first kappa shape index (κ1) is 20.9. The molecule has 0 bridgehead atoms. The molecule has 1 aromatic heterocycles. The third-order valence-corrected chi connectivity index (χ3v) is 5.54. The topological polar surface area (TPSA) is 71.1 Å². The van der Waals surface area contributed by atoms with Crippen molar-refractivity contribution in [3.8, 4) is 10.6 Å². The van der Waals surface area contributed by atoms with Gasteiger partial charge in [-0.1, -0.05) is 23.7 Å². The van der Waals surface area contributed by atoms with Gasteiger partial charge in [-0.05, 0) is 37.3 Å². The van der Waals surface area contributed by atoms with E-state index in [9.17, 15) is 18.4 Å². The third-order valence-electron chi connectivity index (χ3n) is 3.99. The molecular weight excluding hydrogens is 420 g/mol. The molecule has 0 spiro atoms. The number of carbonyl (C=O) groups excluding carboxylic acids is 2. The Kier molecular flexibility index (Phi) is 6.56. The number of carbonyl (C=O) groups is 2. The van der Waals surface area contributed by atoms with Gasteiger partial charge in [0.05, 0.1) is 10.7 Å². The number of hydrogen-bond donors (Lipinski definition) is 2. The van der Waals surface area contributed by atoms with Crippen LogP contribution in [-0.2, 0) is 16.0 Å². The van der Waals surface area contributed by atoms with Crippen molar-refractivity contribution in [2.24, 2.45) is 0 Å². The first-order valence-corrected chi connectivity index (χ1v) is 9.79. The zero-order chi connectivity index (χ0) is 21.0. The molecule has 0 atom stereocenters. The van der Waals surface area contributed by atoms with Crippen molar-refractivity contribution < 1.29 is 18.4 Å². The van der Waals surface area contributed by atoms with Crippen molar-refractivity contribution in [3.05, 3.63) is 69.7 Å². The Balaban J connectivity index is 1.54. The highest BCUT2D eigenvalue weighted by Gasteiger charge is 2.15. The maximum absolute atomic E-state index is 13.4. The van der Waals surface area contributed by atoms with E-state index >= 15 is 0 Å². The summed E-state index contributed by atoms with van der Waals surface area (Å²) in [5.74, 6) is -2.66. The van der Waals surface area contributed by atoms with E-state index in [4.69, 9.17) is 11.6 Å². The maximum atomic E-state index is 13.4. The van der Waals surface area contributed by atoms with Gasteiger partial charge < -0.3 is 10.6 Å². The van der Waals surface area contributed by atoms with Crippen LogP contribution in [0.15, 0.2) is 42.5 Å². The van der Waals surface area contributed by atoms with E-state index in [0.29, 0.717) is 17.0 Å². The fraction of sp³-hybridized carbons (Fsp3) is 0.150. The fourth-order valence-corrected chi connectivity index (χ4v) is 3.78. The van der Waals surface area contributed by atoms with E-state index in [-0.39, 0.29) is 23.1 Å². The summed E-state index contributed by atoms with van der Waals surface area (Å²) < 4.78 is 26.5. The minimum atomic E-state index is -0.880. The largest absolute Gasteiger partial charge is 0.347 e. The molecule has 2 N–H and O–H groups in total. The molecule has 29 heavy (non-hydrogen) atoms. The van der Waals surface area contributed by atoms with Crippen LogP contribution in [0.3, 0.4) is 0 Å². The molecule has 0 radical (unpaired) electrons. The van der Waals surface area contributed by atoms with Crippen LogP contribution in [0.5, 0.6) is 0 Å². The van der Waals surface area contributed by atoms with Gasteiger partial charge in [0.25, 0.3) is 0 Å². The number of halogens is 3. The fourth-order valence-electron chi connectivity index (χ4n) is 2.54. The molecule has 0 saturated heterocycles. The van der Waals surface area contributed by atoms with Crippen LogP contribution >= 0.6 is 22.9 Å². The number of thiazole rings is 1. The van der Waals surface area contributed by atoms with Crippen molar-refractivity contribution in [3.63, 3.8) is 0 Å². The summed E-state index contributed by atoms with van der Waals surface area (Å²) in [7, 11) is 0. The van der Waals surface area contributed by atoms with E-state index in [1.807, 2.05) is 6.92 Å². The molecule has 0 saturated carbocycles. The van der Waals surface area contributed by atoms with Crippen LogP contribution in [0.1, 0.15) is 10.6 Å². The Bertz CT molecular complexity index is 1070. The Morgan fingerprint density at radius 3 is 2.66 bits per heavy atom. The lowest BCUT2D eigenvalue weighted by Gasteiger charge is -2.07. The summed E-state index contributed by atoms with van der Waals surface area (Å²) in [5.41, 5.74) is 1.69. The van der Waals surface area contributed by atoms with Crippen molar-refractivity contribution in [1.29, 1.82) is 0 Å². The first-order valence-electron chi connectivity index (χ1n) is 8.60. The summed E-state index contributed by atoms with van der Waals surface area (Å²) in [5, 5.41) is 5.41. The maximum Gasteiger partial charge on any atom is 0.313 e. The molecule has 0 fully saturated rings. The lowest BCUT2D eigenvalue weighted by Crippen LogP contribution is -2.36. The third kappa shape index (κ3) is 5.36. The molecule has 3 aromatic rings. The average molecular weight is 436 g/mol. The van der Waals surface area contributed by atoms with Crippen LogP contribution in [0.4, 0.5) is 14.5 Å². The van der Waals surface area contributed by atoms with Crippen LogP contribution in [-0.4, -0.2) is 23.3 Å².